The van der Waals surface area contributed by atoms with Crippen molar-refractivity contribution >= 4 is 45.0 Å². The van der Waals surface area contributed by atoms with Gasteiger partial charge in [0, 0.05) is 17.1 Å². The Hall–Kier alpha value is 0.939. The zero-order valence-corrected chi connectivity index (χ0v) is 13.5. The molecular formula is C10H14FeP4-6. The van der Waals surface area contributed by atoms with Gasteiger partial charge in [-0.1, -0.05) is 8.27 Å². The van der Waals surface area contributed by atoms with Crippen LogP contribution >= 0.6 is 34.4 Å². The zero-order chi connectivity index (χ0) is 10.2. The molecule has 2 aromatic carbocycles. The first kappa shape index (κ1) is 15.9. The first-order valence-corrected chi connectivity index (χ1v) is 9.86. The maximum atomic E-state index is 2.77. The summed E-state index contributed by atoms with van der Waals surface area (Å²) < 4.78 is 0. The molecule has 0 N–H and O–H groups in total. The van der Waals surface area contributed by atoms with Crippen LogP contribution in [0.5, 0.6) is 0 Å². The van der Waals surface area contributed by atoms with E-state index in [4.69, 9.17) is 0 Å². The van der Waals surface area contributed by atoms with Crippen LogP contribution in [0.2, 0.25) is 0 Å². The van der Waals surface area contributed by atoms with Crippen LogP contribution in [0.4, 0.5) is 0 Å². The topological polar surface area (TPSA) is 0 Å². The van der Waals surface area contributed by atoms with Crippen LogP contribution in [0.1, 0.15) is 0 Å². The fourth-order valence-electron chi connectivity index (χ4n) is 0.993. The molecule has 2 rings (SSSR count). The van der Waals surface area contributed by atoms with Gasteiger partial charge in [-0.15, -0.1) is 36.7 Å². The van der Waals surface area contributed by atoms with E-state index in [1.165, 1.54) is 10.6 Å². The summed E-state index contributed by atoms with van der Waals surface area (Å²) in [5.74, 6) is 0. The standard InChI is InChI=1S/C5H9P4.C5H5.Fe/c6-8-4-2-1-3-5(4)9-7;1-2-4-5-3-1;/h1-3,8-9H,6-7H2;1-5H;/q-1;-5;. The fraction of sp³-hybridized carbons (Fsp3) is 0. The Labute approximate surface area is 110 Å². The Morgan fingerprint density at radius 3 is 1.93 bits per heavy atom. The summed E-state index contributed by atoms with van der Waals surface area (Å²) in [6, 6.07) is 16.5. The second-order valence-electron chi connectivity index (χ2n) is 2.60. The smallest absolute Gasteiger partial charge is 0 e. The number of hydrogen-bond acceptors (Lipinski definition) is 0. The van der Waals surface area contributed by atoms with E-state index in [0.717, 1.165) is 16.5 Å². The van der Waals surface area contributed by atoms with E-state index in [-0.39, 0.29) is 17.1 Å². The van der Waals surface area contributed by atoms with E-state index in [0.29, 0.717) is 0 Å². The van der Waals surface area contributed by atoms with Crippen LogP contribution in [0.25, 0.3) is 0 Å². The summed E-state index contributed by atoms with van der Waals surface area (Å²) in [6.45, 7) is 0. The van der Waals surface area contributed by atoms with E-state index < -0.39 is 0 Å². The minimum Gasteiger partial charge on any atom is -0.748 e. The molecule has 0 nitrogen and oxygen atoms in total. The van der Waals surface area contributed by atoms with Crippen LogP contribution in [0.15, 0.2) is 48.5 Å². The van der Waals surface area contributed by atoms with Gasteiger partial charge >= 0.3 is 0 Å². The minimum absolute atomic E-state index is 0. The molecule has 0 aliphatic rings. The second-order valence-corrected chi connectivity index (χ2v) is 5.99. The predicted octanol–water partition coefficient (Wildman–Crippen LogP) is 3.00. The molecule has 5 heteroatoms. The first-order valence-electron chi connectivity index (χ1n) is 4.24. The third kappa shape index (κ3) is 6.29. The quantitative estimate of drug-likeness (QED) is 0.454. The van der Waals surface area contributed by atoms with Crippen molar-refractivity contribution in [3.63, 3.8) is 0 Å². The molecule has 2 aromatic rings. The Kier molecular flexibility index (Phi) is 10.8. The summed E-state index contributed by atoms with van der Waals surface area (Å²) in [5.41, 5.74) is 0. The molecule has 4 unspecified atom stereocenters. The van der Waals surface area contributed by atoms with Crippen molar-refractivity contribution in [3.05, 3.63) is 48.5 Å². The Bertz CT molecular complexity index is 293. The van der Waals surface area contributed by atoms with Crippen LogP contribution in [0, 0.1) is 0 Å². The van der Waals surface area contributed by atoms with Crippen molar-refractivity contribution in [2.45, 2.75) is 0 Å². The molecule has 0 aliphatic heterocycles. The van der Waals surface area contributed by atoms with E-state index in [1.807, 2.05) is 30.3 Å². The SMILES string of the molecule is PPc1ccc[c-]1PP.[Fe].[cH-]1[cH-][cH-][cH-][cH-]1. The van der Waals surface area contributed by atoms with Crippen molar-refractivity contribution in [3.8, 4) is 0 Å². The Morgan fingerprint density at radius 1 is 1.07 bits per heavy atom. The molecule has 88 valence electrons. The average molecular weight is 314 g/mol. The second kappa shape index (κ2) is 10.1. The molecule has 0 fully saturated rings. The van der Waals surface area contributed by atoms with Gasteiger partial charge in [0.2, 0.25) is 0 Å². The Morgan fingerprint density at radius 2 is 1.60 bits per heavy atom. The maximum absolute atomic E-state index is 2.77. The molecule has 0 spiro atoms. The number of rotatable bonds is 2. The first-order chi connectivity index (χ1) is 6.88. The van der Waals surface area contributed by atoms with E-state index in [1.54, 1.807) is 0 Å². The summed E-state index contributed by atoms with van der Waals surface area (Å²) in [7, 11) is 7.28. The molecule has 0 amide bonds. The van der Waals surface area contributed by atoms with Crippen LogP contribution in [-0.2, 0) is 17.1 Å². The van der Waals surface area contributed by atoms with E-state index in [9.17, 15) is 0 Å². The molecule has 0 saturated carbocycles. The minimum atomic E-state index is 0. The fourth-order valence-corrected chi connectivity index (χ4v) is 4.66. The summed E-state index contributed by atoms with van der Waals surface area (Å²) in [5, 5.41) is 2.99. The van der Waals surface area contributed by atoms with Gasteiger partial charge < -0.3 is 30.3 Å². The van der Waals surface area contributed by atoms with Crippen LogP contribution < -0.4 is 10.6 Å². The molecule has 0 bridgehead atoms. The molecule has 0 radical (unpaired) electrons. The molecular weight excluding hydrogens is 300 g/mol. The van der Waals surface area contributed by atoms with Crippen molar-refractivity contribution in [1.29, 1.82) is 0 Å². The van der Waals surface area contributed by atoms with Gasteiger partial charge in [-0.25, -0.2) is 12.1 Å². The normalized spacial score (nSPS) is 10.3. The molecule has 0 heterocycles. The van der Waals surface area contributed by atoms with Crippen molar-refractivity contribution in [2.24, 2.45) is 0 Å². The van der Waals surface area contributed by atoms with E-state index in [2.05, 4.69) is 36.1 Å². The van der Waals surface area contributed by atoms with Crippen LogP contribution in [-0.4, -0.2) is 0 Å². The van der Waals surface area contributed by atoms with Gasteiger partial charge in [-0.05, 0) is 0 Å². The molecule has 4 atom stereocenters. The van der Waals surface area contributed by atoms with Crippen molar-refractivity contribution < 1.29 is 17.1 Å². The molecule has 0 aliphatic carbocycles. The maximum Gasteiger partial charge on any atom is 0 e. The summed E-state index contributed by atoms with van der Waals surface area (Å²) in [4.78, 5) is 0. The van der Waals surface area contributed by atoms with Gasteiger partial charge in [0.05, 0.1) is 0 Å². The molecule has 0 aromatic heterocycles. The number of hydrogen-bond donors (Lipinski definition) is 0. The van der Waals surface area contributed by atoms with Gasteiger partial charge in [-0.2, -0.15) is 6.07 Å². The van der Waals surface area contributed by atoms with Gasteiger partial charge in [-0.3, -0.25) is 0 Å². The monoisotopic (exact) mass is 314 g/mol. The summed E-state index contributed by atoms with van der Waals surface area (Å²) >= 11 is 0. The molecule has 0 saturated heterocycles. The third-order valence-electron chi connectivity index (χ3n) is 1.68. The van der Waals surface area contributed by atoms with Crippen molar-refractivity contribution in [1.82, 2.24) is 0 Å². The Balaban J connectivity index is 0.000000280. The zero-order valence-electron chi connectivity index (χ0n) is 8.13. The molecule has 15 heavy (non-hydrogen) atoms. The summed E-state index contributed by atoms with van der Waals surface area (Å²) in [6.07, 6.45) is 0. The van der Waals surface area contributed by atoms with Crippen molar-refractivity contribution in [2.75, 3.05) is 0 Å². The predicted molar refractivity (Wildman–Crippen MR) is 79.4 cm³/mol. The van der Waals surface area contributed by atoms with E-state index >= 15 is 0 Å². The van der Waals surface area contributed by atoms with Gasteiger partial charge in [0.25, 0.3) is 0 Å². The van der Waals surface area contributed by atoms with Crippen LogP contribution in [0.3, 0.4) is 0 Å². The average Bonchev–Trinajstić information content (AvgIpc) is 2.91. The largest absolute Gasteiger partial charge is 0.748 e. The van der Waals surface area contributed by atoms with Gasteiger partial charge in [0.1, 0.15) is 0 Å². The third-order valence-corrected chi connectivity index (χ3v) is 5.29. The van der Waals surface area contributed by atoms with Gasteiger partial charge in [0.15, 0.2) is 0 Å².